The second-order valence-electron chi connectivity index (χ2n) is 6.22. The molecule has 0 aliphatic rings. The van der Waals surface area contributed by atoms with Crippen molar-refractivity contribution in [3.05, 3.63) is 102 Å². The predicted molar refractivity (Wildman–Crippen MR) is 117 cm³/mol. The van der Waals surface area contributed by atoms with Crippen LogP contribution < -0.4 is 15.9 Å². The number of esters is 2. The summed E-state index contributed by atoms with van der Waals surface area (Å²) in [5.41, 5.74) is 0. The van der Waals surface area contributed by atoms with Crippen molar-refractivity contribution in [2.75, 3.05) is 14.2 Å². The molecular formula is C24H22O4P+. The quantitative estimate of drug-likeness (QED) is 0.359. The first kappa shape index (κ1) is 20.5. The highest BCUT2D eigenvalue weighted by atomic mass is 31.2. The lowest BCUT2D eigenvalue weighted by Gasteiger charge is -2.28. The summed E-state index contributed by atoms with van der Waals surface area (Å²) in [4.78, 5) is 25.4. The van der Waals surface area contributed by atoms with E-state index in [1.54, 1.807) is 0 Å². The fourth-order valence-electron chi connectivity index (χ4n) is 3.39. The number of carbonyl (C=O) groups excluding carboxylic acids is 2. The zero-order valence-electron chi connectivity index (χ0n) is 16.3. The van der Waals surface area contributed by atoms with E-state index in [-0.39, 0.29) is 5.31 Å². The van der Waals surface area contributed by atoms with Crippen molar-refractivity contribution in [2.24, 2.45) is 0 Å². The average molecular weight is 405 g/mol. The molecule has 29 heavy (non-hydrogen) atoms. The van der Waals surface area contributed by atoms with Crippen molar-refractivity contribution < 1.29 is 19.1 Å². The monoisotopic (exact) mass is 405 g/mol. The maximum atomic E-state index is 13.1. The smallest absolute Gasteiger partial charge is 0.375 e. The SMILES string of the molecule is COC(=O)/C=C(\C(=O)OC)[P+](c1ccccc1)(c1ccccc1)c1ccccc1. The van der Waals surface area contributed by atoms with Gasteiger partial charge in [-0.2, -0.15) is 0 Å². The van der Waals surface area contributed by atoms with E-state index in [1.807, 2.05) is 91.0 Å². The molecule has 5 heteroatoms. The fourth-order valence-corrected chi connectivity index (χ4v) is 7.64. The van der Waals surface area contributed by atoms with Crippen LogP contribution in [-0.4, -0.2) is 26.2 Å². The van der Waals surface area contributed by atoms with Gasteiger partial charge < -0.3 is 9.47 Å². The fraction of sp³-hybridized carbons (Fsp3) is 0.0833. The van der Waals surface area contributed by atoms with Crippen LogP contribution in [0.5, 0.6) is 0 Å². The first-order valence-corrected chi connectivity index (χ1v) is 10.9. The van der Waals surface area contributed by atoms with Gasteiger partial charge in [-0.15, -0.1) is 0 Å². The number of hydrogen-bond donors (Lipinski definition) is 0. The van der Waals surface area contributed by atoms with Gasteiger partial charge in [-0.1, -0.05) is 54.6 Å². The van der Waals surface area contributed by atoms with E-state index in [1.165, 1.54) is 20.3 Å². The Labute approximate surface area is 171 Å². The van der Waals surface area contributed by atoms with Gasteiger partial charge in [0.2, 0.25) is 5.31 Å². The minimum absolute atomic E-state index is 0.287. The summed E-state index contributed by atoms with van der Waals surface area (Å²) < 4.78 is 10.0. The van der Waals surface area contributed by atoms with Crippen molar-refractivity contribution in [3.8, 4) is 0 Å². The summed E-state index contributed by atoms with van der Waals surface area (Å²) >= 11 is 0. The molecular weight excluding hydrogens is 383 g/mol. The number of carbonyl (C=O) groups is 2. The third kappa shape index (κ3) is 3.98. The first-order chi connectivity index (χ1) is 14.1. The summed E-state index contributed by atoms with van der Waals surface area (Å²) in [5.74, 6) is -1.15. The van der Waals surface area contributed by atoms with Gasteiger partial charge in [0.1, 0.15) is 15.9 Å². The zero-order valence-corrected chi connectivity index (χ0v) is 17.2. The summed E-state index contributed by atoms with van der Waals surface area (Å²) in [7, 11) is -0.102. The molecule has 4 nitrogen and oxygen atoms in total. The van der Waals surface area contributed by atoms with E-state index in [0.717, 1.165) is 15.9 Å². The lowest BCUT2D eigenvalue weighted by atomic mass is 10.3. The summed E-state index contributed by atoms with van der Waals surface area (Å²) in [6.07, 6.45) is 1.27. The molecule has 0 spiro atoms. The Morgan fingerprint density at radius 2 is 1.03 bits per heavy atom. The lowest BCUT2D eigenvalue weighted by Crippen LogP contribution is -2.35. The molecule has 0 saturated heterocycles. The molecule has 0 aliphatic heterocycles. The summed E-state index contributed by atoms with van der Waals surface area (Å²) in [6.45, 7) is 0. The van der Waals surface area contributed by atoms with Crippen molar-refractivity contribution in [1.82, 2.24) is 0 Å². The number of hydrogen-bond acceptors (Lipinski definition) is 4. The second kappa shape index (κ2) is 9.31. The van der Waals surface area contributed by atoms with Crippen LogP contribution in [0.1, 0.15) is 0 Å². The van der Waals surface area contributed by atoms with Crippen LogP contribution >= 0.6 is 7.26 Å². The van der Waals surface area contributed by atoms with Gasteiger partial charge in [0.15, 0.2) is 7.26 Å². The highest BCUT2D eigenvalue weighted by Crippen LogP contribution is 2.62. The maximum absolute atomic E-state index is 13.1. The highest BCUT2D eigenvalue weighted by Gasteiger charge is 2.53. The standard InChI is InChI=1S/C24H22O4P/c1-27-23(25)18-22(24(26)28-2)29(19-12-6-3-7-13-19,20-14-8-4-9-15-20)21-16-10-5-11-17-21/h3-18H,1-2H3/q+1/b22-18+. The molecule has 0 fully saturated rings. The zero-order chi connectivity index (χ0) is 20.7. The van der Waals surface area contributed by atoms with Crippen LogP contribution in [-0.2, 0) is 19.1 Å². The van der Waals surface area contributed by atoms with Crippen LogP contribution in [0.3, 0.4) is 0 Å². The first-order valence-electron chi connectivity index (χ1n) is 9.09. The Balaban J connectivity index is 2.49. The molecule has 0 aliphatic carbocycles. The molecule has 0 bridgehead atoms. The molecule has 3 rings (SSSR count). The molecule has 3 aromatic carbocycles. The molecule has 3 aromatic rings. The minimum atomic E-state index is -2.72. The van der Waals surface area contributed by atoms with E-state index < -0.39 is 19.2 Å². The molecule has 0 radical (unpaired) electrons. The Kier molecular flexibility index (Phi) is 6.58. The van der Waals surface area contributed by atoms with Gasteiger partial charge in [-0.25, -0.2) is 9.59 Å². The van der Waals surface area contributed by atoms with Crippen LogP contribution in [0.25, 0.3) is 0 Å². The number of rotatable bonds is 6. The van der Waals surface area contributed by atoms with E-state index in [0.29, 0.717) is 0 Å². The molecule has 0 saturated carbocycles. The van der Waals surface area contributed by atoms with Crippen LogP contribution in [0.15, 0.2) is 102 Å². The minimum Gasteiger partial charge on any atom is -0.466 e. The molecule has 0 atom stereocenters. The average Bonchev–Trinajstić information content (AvgIpc) is 2.80. The van der Waals surface area contributed by atoms with Crippen molar-refractivity contribution in [2.45, 2.75) is 0 Å². The molecule has 0 aromatic heterocycles. The third-order valence-corrected chi connectivity index (χ3v) is 8.89. The largest absolute Gasteiger partial charge is 0.466 e. The van der Waals surface area contributed by atoms with Crippen molar-refractivity contribution in [3.63, 3.8) is 0 Å². The topological polar surface area (TPSA) is 52.6 Å². The Bertz CT molecular complexity index is 902. The highest BCUT2D eigenvalue weighted by molar-refractivity contribution is 7.99. The third-order valence-electron chi connectivity index (χ3n) is 4.64. The summed E-state index contributed by atoms with van der Waals surface area (Å²) in [5, 5.41) is 3.12. The van der Waals surface area contributed by atoms with E-state index in [4.69, 9.17) is 9.47 Å². The van der Waals surface area contributed by atoms with Crippen LogP contribution in [0, 0.1) is 0 Å². The number of ether oxygens (including phenoxy) is 2. The van der Waals surface area contributed by atoms with Gasteiger partial charge in [0.05, 0.1) is 20.3 Å². The van der Waals surface area contributed by atoms with Gasteiger partial charge in [0, 0.05) is 0 Å². The Hall–Kier alpha value is -3.23. The molecule has 0 amide bonds. The van der Waals surface area contributed by atoms with Gasteiger partial charge in [-0.05, 0) is 36.4 Å². The summed E-state index contributed by atoms with van der Waals surface area (Å²) in [6, 6.07) is 29.3. The normalized spacial score (nSPS) is 11.6. The maximum Gasteiger partial charge on any atom is 0.375 e. The van der Waals surface area contributed by atoms with E-state index in [2.05, 4.69) is 0 Å². The molecule has 0 heterocycles. The van der Waals surface area contributed by atoms with Crippen LogP contribution in [0.2, 0.25) is 0 Å². The van der Waals surface area contributed by atoms with Crippen molar-refractivity contribution in [1.29, 1.82) is 0 Å². The van der Waals surface area contributed by atoms with Crippen LogP contribution in [0.4, 0.5) is 0 Å². The van der Waals surface area contributed by atoms with Crippen molar-refractivity contribution >= 4 is 35.1 Å². The van der Waals surface area contributed by atoms with E-state index in [9.17, 15) is 9.59 Å². The predicted octanol–water partition coefficient (Wildman–Crippen LogP) is 3.21. The van der Waals surface area contributed by atoms with Gasteiger partial charge in [-0.3, -0.25) is 0 Å². The molecule has 0 unspecified atom stereocenters. The van der Waals surface area contributed by atoms with E-state index >= 15 is 0 Å². The Morgan fingerprint density at radius 1 is 0.655 bits per heavy atom. The number of methoxy groups -OCH3 is 2. The Morgan fingerprint density at radius 3 is 1.34 bits per heavy atom. The lowest BCUT2D eigenvalue weighted by molar-refractivity contribution is -0.137. The molecule has 146 valence electrons. The van der Waals surface area contributed by atoms with Gasteiger partial charge in [0.25, 0.3) is 0 Å². The number of benzene rings is 3. The van der Waals surface area contributed by atoms with Gasteiger partial charge >= 0.3 is 11.9 Å². The molecule has 0 N–H and O–H groups in total. The second-order valence-corrected chi connectivity index (χ2v) is 9.59.